The highest BCUT2D eigenvalue weighted by Crippen LogP contribution is 2.38. The number of aryl methyl sites for hydroxylation is 1. The van der Waals surface area contributed by atoms with E-state index in [1.807, 2.05) is 44.2 Å². The van der Waals surface area contributed by atoms with Crippen LogP contribution in [0, 0.1) is 6.92 Å². The number of fused-ring (bicyclic) bond motifs is 1. The molecule has 3 aromatic rings. The first kappa shape index (κ1) is 18.0. The van der Waals surface area contributed by atoms with Gasteiger partial charge in [-0.25, -0.2) is 0 Å². The molecule has 1 aromatic carbocycles. The zero-order valence-electron chi connectivity index (χ0n) is 16.0. The van der Waals surface area contributed by atoms with Crippen LogP contribution in [0.2, 0.25) is 0 Å². The summed E-state index contributed by atoms with van der Waals surface area (Å²) in [6.45, 7) is 5.85. The number of benzene rings is 1. The second-order valence-electron chi connectivity index (χ2n) is 7.06. The second-order valence-corrected chi connectivity index (χ2v) is 7.06. The van der Waals surface area contributed by atoms with Crippen molar-refractivity contribution in [2.45, 2.75) is 26.8 Å². The van der Waals surface area contributed by atoms with Crippen molar-refractivity contribution in [2.24, 2.45) is 0 Å². The molecule has 0 fully saturated rings. The molecule has 28 heavy (non-hydrogen) atoms. The average molecular weight is 375 g/mol. The third kappa shape index (κ3) is 3.07. The molecule has 1 unspecified atom stereocenters. The van der Waals surface area contributed by atoms with Crippen LogP contribution in [0.5, 0.6) is 0 Å². The zero-order chi connectivity index (χ0) is 19.8. The van der Waals surface area contributed by atoms with Gasteiger partial charge in [0.05, 0.1) is 35.6 Å². The minimum atomic E-state index is -0.234. The topological polar surface area (TPSA) is 66.7 Å². The highest BCUT2D eigenvalue weighted by Gasteiger charge is 2.35. The lowest BCUT2D eigenvalue weighted by Gasteiger charge is -2.40. The molecule has 1 atom stereocenters. The van der Waals surface area contributed by atoms with Crippen LogP contribution in [-0.4, -0.2) is 29.4 Å². The van der Waals surface area contributed by atoms with Gasteiger partial charge in [0.1, 0.15) is 0 Å². The van der Waals surface area contributed by atoms with E-state index in [9.17, 15) is 9.59 Å². The molecule has 0 saturated heterocycles. The molecular weight excluding hydrogens is 354 g/mol. The normalized spacial score (nSPS) is 16.0. The molecule has 1 aliphatic rings. The van der Waals surface area contributed by atoms with Crippen molar-refractivity contribution in [3.8, 4) is 11.3 Å². The fraction of sp³-hybridized carbons (Fsp3) is 0.227. The lowest BCUT2D eigenvalue weighted by molar-refractivity contribution is -0.117. The lowest BCUT2D eigenvalue weighted by Crippen LogP contribution is -2.51. The number of rotatable bonds is 2. The van der Waals surface area contributed by atoms with E-state index in [0.717, 1.165) is 16.8 Å². The van der Waals surface area contributed by atoms with E-state index in [4.69, 9.17) is 4.42 Å². The standard InChI is InChI=1S/C22H21N3O3/c1-14-6-8-17(9-7-14)18-11-19-20(12-23-18)25(16(3)26)15(2)13-24(19)22(27)21-5-4-10-28-21/h4-12,15H,13H2,1-3H3. The molecule has 3 heterocycles. The van der Waals surface area contributed by atoms with Gasteiger partial charge in [0.2, 0.25) is 5.91 Å². The van der Waals surface area contributed by atoms with E-state index in [2.05, 4.69) is 4.98 Å². The molecule has 0 spiro atoms. The molecule has 0 saturated carbocycles. The van der Waals surface area contributed by atoms with Gasteiger partial charge in [-0.3, -0.25) is 14.6 Å². The lowest BCUT2D eigenvalue weighted by atomic mass is 10.0. The number of amides is 2. The van der Waals surface area contributed by atoms with Gasteiger partial charge in [-0.2, -0.15) is 0 Å². The van der Waals surface area contributed by atoms with Crippen LogP contribution in [0.15, 0.2) is 59.3 Å². The Morgan fingerprint density at radius 2 is 1.89 bits per heavy atom. The predicted molar refractivity (Wildman–Crippen MR) is 107 cm³/mol. The average Bonchev–Trinajstić information content (AvgIpc) is 3.21. The van der Waals surface area contributed by atoms with Gasteiger partial charge in [-0.1, -0.05) is 29.8 Å². The molecule has 0 aliphatic carbocycles. The van der Waals surface area contributed by atoms with Gasteiger partial charge in [0.15, 0.2) is 5.76 Å². The number of anilines is 2. The van der Waals surface area contributed by atoms with E-state index in [1.165, 1.54) is 13.2 Å². The Balaban J connectivity index is 1.84. The first-order valence-electron chi connectivity index (χ1n) is 9.18. The van der Waals surface area contributed by atoms with Crippen LogP contribution in [0.25, 0.3) is 11.3 Å². The Labute approximate surface area is 163 Å². The summed E-state index contributed by atoms with van der Waals surface area (Å²) in [6, 6.07) is 13.1. The van der Waals surface area contributed by atoms with Crippen molar-refractivity contribution >= 4 is 23.2 Å². The van der Waals surface area contributed by atoms with E-state index in [1.54, 1.807) is 28.1 Å². The highest BCUT2D eigenvalue weighted by molar-refractivity contribution is 6.09. The quantitative estimate of drug-likeness (QED) is 0.678. The first-order chi connectivity index (χ1) is 13.5. The van der Waals surface area contributed by atoms with Gasteiger partial charge in [0, 0.05) is 19.0 Å². The summed E-state index contributed by atoms with van der Waals surface area (Å²) in [5, 5.41) is 0. The van der Waals surface area contributed by atoms with Gasteiger partial charge in [-0.05, 0) is 32.0 Å². The zero-order valence-corrected chi connectivity index (χ0v) is 16.0. The molecule has 6 heteroatoms. The maximum absolute atomic E-state index is 13.0. The molecule has 142 valence electrons. The van der Waals surface area contributed by atoms with Crippen LogP contribution in [-0.2, 0) is 4.79 Å². The van der Waals surface area contributed by atoms with E-state index in [-0.39, 0.29) is 23.6 Å². The molecule has 1 aliphatic heterocycles. The van der Waals surface area contributed by atoms with Crippen molar-refractivity contribution < 1.29 is 14.0 Å². The molecule has 4 rings (SSSR count). The first-order valence-corrected chi connectivity index (χ1v) is 9.18. The number of hydrogen-bond donors (Lipinski definition) is 0. The van der Waals surface area contributed by atoms with Crippen molar-refractivity contribution in [1.82, 2.24) is 4.98 Å². The summed E-state index contributed by atoms with van der Waals surface area (Å²) in [7, 11) is 0. The third-order valence-corrected chi connectivity index (χ3v) is 4.96. The molecule has 0 radical (unpaired) electrons. The Kier molecular flexibility index (Phi) is 4.47. The minimum Gasteiger partial charge on any atom is -0.459 e. The maximum atomic E-state index is 13.0. The Hall–Kier alpha value is -3.41. The Bertz CT molecular complexity index is 1030. The summed E-state index contributed by atoms with van der Waals surface area (Å²) in [5.74, 6) is -0.0470. The number of pyridine rings is 1. The molecule has 0 bridgehead atoms. The van der Waals surface area contributed by atoms with Gasteiger partial charge >= 0.3 is 0 Å². The number of furan rings is 1. The summed E-state index contributed by atoms with van der Waals surface area (Å²) in [5.41, 5.74) is 4.14. The SMILES string of the molecule is CC(=O)N1c2cnc(-c3ccc(C)cc3)cc2N(C(=O)c2ccco2)CC1C. The van der Waals surface area contributed by atoms with Crippen molar-refractivity contribution in [3.05, 3.63) is 66.2 Å². The molecule has 2 amide bonds. The van der Waals surface area contributed by atoms with Crippen LogP contribution in [0.4, 0.5) is 11.4 Å². The van der Waals surface area contributed by atoms with Crippen molar-refractivity contribution in [1.29, 1.82) is 0 Å². The second kappa shape index (κ2) is 6.96. The van der Waals surface area contributed by atoms with E-state index < -0.39 is 0 Å². The largest absolute Gasteiger partial charge is 0.459 e. The minimum absolute atomic E-state index is 0.0799. The monoisotopic (exact) mass is 375 g/mol. The van der Waals surface area contributed by atoms with Gasteiger partial charge in [-0.15, -0.1) is 0 Å². The van der Waals surface area contributed by atoms with E-state index in [0.29, 0.717) is 17.9 Å². The number of hydrogen-bond acceptors (Lipinski definition) is 4. The number of carbonyl (C=O) groups is 2. The fourth-order valence-electron chi connectivity index (χ4n) is 3.61. The van der Waals surface area contributed by atoms with E-state index >= 15 is 0 Å². The van der Waals surface area contributed by atoms with Crippen molar-refractivity contribution in [3.63, 3.8) is 0 Å². The molecule has 6 nitrogen and oxygen atoms in total. The summed E-state index contributed by atoms with van der Waals surface area (Å²) >= 11 is 0. The fourth-order valence-corrected chi connectivity index (χ4v) is 3.61. The highest BCUT2D eigenvalue weighted by atomic mass is 16.3. The molecule has 0 N–H and O–H groups in total. The smallest absolute Gasteiger partial charge is 0.294 e. The van der Waals surface area contributed by atoms with Crippen LogP contribution in [0.1, 0.15) is 30.0 Å². The predicted octanol–water partition coefficient (Wildman–Crippen LogP) is 4.05. The summed E-state index contributed by atoms with van der Waals surface area (Å²) in [4.78, 5) is 33.2. The van der Waals surface area contributed by atoms with Gasteiger partial charge in [0.25, 0.3) is 5.91 Å². The van der Waals surface area contributed by atoms with Gasteiger partial charge < -0.3 is 14.2 Å². The molecular formula is C22H21N3O3. The Morgan fingerprint density at radius 3 is 2.54 bits per heavy atom. The Morgan fingerprint density at radius 1 is 1.14 bits per heavy atom. The van der Waals surface area contributed by atoms with Crippen LogP contribution < -0.4 is 9.80 Å². The maximum Gasteiger partial charge on any atom is 0.294 e. The number of aromatic nitrogens is 1. The van der Waals surface area contributed by atoms with Crippen LogP contribution in [0.3, 0.4) is 0 Å². The summed E-state index contributed by atoms with van der Waals surface area (Å²) < 4.78 is 5.31. The van der Waals surface area contributed by atoms with Crippen LogP contribution >= 0.6 is 0 Å². The number of carbonyl (C=O) groups excluding carboxylic acids is 2. The third-order valence-electron chi connectivity index (χ3n) is 4.96. The van der Waals surface area contributed by atoms with Crippen molar-refractivity contribution in [2.75, 3.05) is 16.3 Å². The molecule has 2 aromatic heterocycles. The summed E-state index contributed by atoms with van der Waals surface area (Å²) in [6.07, 6.45) is 3.15. The number of nitrogens with zero attached hydrogens (tertiary/aromatic N) is 3.